The molecule has 1 aliphatic carbocycles. The summed E-state index contributed by atoms with van der Waals surface area (Å²) in [5.74, 6) is 0.509. The van der Waals surface area contributed by atoms with Gasteiger partial charge in [-0.2, -0.15) is 0 Å². The van der Waals surface area contributed by atoms with Gasteiger partial charge in [-0.1, -0.05) is 0 Å². The Hall–Kier alpha value is -1.67. The monoisotopic (exact) mass is 310 g/mol. The Morgan fingerprint density at radius 1 is 1.35 bits per heavy atom. The third-order valence-corrected chi connectivity index (χ3v) is 5.65. The van der Waals surface area contributed by atoms with Gasteiger partial charge >= 0.3 is 0 Å². The van der Waals surface area contributed by atoms with Crippen LogP contribution in [0.25, 0.3) is 0 Å². The van der Waals surface area contributed by atoms with Crippen molar-refractivity contribution in [2.45, 2.75) is 24.2 Å². The van der Waals surface area contributed by atoms with E-state index in [-0.39, 0.29) is 4.90 Å². The van der Waals surface area contributed by atoms with Gasteiger partial charge in [-0.25, -0.2) is 18.4 Å². The molecule has 2 N–H and O–H groups in total. The second-order valence-corrected chi connectivity index (χ2v) is 7.24. The zero-order chi connectivity index (χ0) is 14.2. The summed E-state index contributed by atoms with van der Waals surface area (Å²) in [6, 6.07) is 2.95. The van der Waals surface area contributed by atoms with Gasteiger partial charge in [0.1, 0.15) is 5.82 Å². The van der Waals surface area contributed by atoms with Crippen molar-refractivity contribution < 1.29 is 8.42 Å². The molecule has 0 fully saturated rings. The molecule has 0 amide bonds. The van der Waals surface area contributed by atoms with Crippen molar-refractivity contribution in [1.29, 1.82) is 0 Å². The van der Waals surface area contributed by atoms with Crippen LogP contribution in [0, 0.1) is 0 Å². The van der Waals surface area contributed by atoms with Crippen LogP contribution in [0.3, 0.4) is 0 Å². The number of aromatic nitrogens is 2. The standard InChI is InChI=1S/C12H14N4O2S2/c1-13-11-7-8(5-6-14-11)20(17,18)16-12-15-9-3-2-4-10(9)19-12/h5-7H,2-4H2,1H3,(H,13,14)(H,15,16). The van der Waals surface area contributed by atoms with Crippen LogP contribution in [0.5, 0.6) is 0 Å². The van der Waals surface area contributed by atoms with E-state index in [1.54, 1.807) is 7.05 Å². The Morgan fingerprint density at radius 3 is 2.95 bits per heavy atom. The minimum absolute atomic E-state index is 0.173. The molecule has 1 aliphatic rings. The van der Waals surface area contributed by atoms with E-state index < -0.39 is 10.0 Å². The zero-order valence-corrected chi connectivity index (χ0v) is 12.5. The molecule has 0 aliphatic heterocycles. The molecule has 2 aromatic rings. The number of pyridine rings is 1. The Labute approximate surface area is 121 Å². The molecule has 8 heteroatoms. The number of nitrogens with one attached hydrogen (secondary N) is 2. The van der Waals surface area contributed by atoms with Crippen molar-refractivity contribution in [3.05, 3.63) is 28.9 Å². The van der Waals surface area contributed by atoms with Crippen molar-refractivity contribution >= 4 is 32.3 Å². The molecule has 20 heavy (non-hydrogen) atoms. The van der Waals surface area contributed by atoms with Crippen molar-refractivity contribution in [3.63, 3.8) is 0 Å². The first-order valence-electron chi connectivity index (χ1n) is 6.24. The van der Waals surface area contributed by atoms with Crippen LogP contribution in [0.2, 0.25) is 0 Å². The number of fused-ring (bicyclic) bond motifs is 1. The Bertz CT molecular complexity index is 718. The van der Waals surface area contributed by atoms with Crippen LogP contribution >= 0.6 is 11.3 Å². The molecular formula is C12H14N4O2S2. The second-order valence-electron chi connectivity index (χ2n) is 4.47. The summed E-state index contributed by atoms with van der Waals surface area (Å²) in [7, 11) is -1.92. The van der Waals surface area contributed by atoms with E-state index in [0.717, 1.165) is 25.0 Å². The lowest BCUT2D eigenvalue weighted by molar-refractivity contribution is 0.601. The van der Waals surface area contributed by atoms with Gasteiger partial charge in [0.25, 0.3) is 10.0 Å². The highest BCUT2D eigenvalue weighted by Crippen LogP contribution is 2.31. The molecule has 2 heterocycles. The normalized spacial score (nSPS) is 14.1. The smallest absolute Gasteiger partial charge is 0.263 e. The molecule has 106 valence electrons. The van der Waals surface area contributed by atoms with Crippen LogP contribution in [-0.2, 0) is 22.9 Å². The number of nitrogens with zero attached hydrogens (tertiary/aromatic N) is 2. The van der Waals surface area contributed by atoms with Crippen molar-refractivity contribution in [2.24, 2.45) is 0 Å². The highest BCUT2D eigenvalue weighted by atomic mass is 32.2. The average Bonchev–Trinajstić information content (AvgIpc) is 2.99. The summed E-state index contributed by atoms with van der Waals surface area (Å²) in [6.07, 6.45) is 4.50. The molecular weight excluding hydrogens is 296 g/mol. The van der Waals surface area contributed by atoms with E-state index >= 15 is 0 Å². The van der Waals surface area contributed by atoms with Crippen LogP contribution in [0.1, 0.15) is 17.0 Å². The minimum atomic E-state index is -3.62. The molecule has 0 radical (unpaired) electrons. The first kappa shape index (κ1) is 13.3. The average molecular weight is 310 g/mol. The third kappa shape index (κ3) is 2.48. The van der Waals surface area contributed by atoms with Gasteiger partial charge in [0.2, 0.25) is 0 Å². The maximum atomic E-state index is 12.3. The van der Waals surface area contributed by atoms with E-state index in [2.05, 4.69) is 20.0 Å². The third-order valence-electron chi connectivity index (χ3n) is 3.12. The second kappa shape index (κ2) is 5.02. The Balaban J connectivity index is 1.87. The largest absolute Gasteiger partial charge is 0.373 e. The lowest BCUT2D eigenvalue weighted by Gasteiger charge is -2.06. The van der Waals surface area contributed by atoms with Crippen molar-refractivity contribution in [3.8, 4) is 0 Å². The molecule has 6 nitrogen and oxygen atoms in total. The highest BCUT2D eigenvalue weighted by molar-refractivity contribution is 7.93. The summed E-state index contributed by atoms with van der Waals surface area (Å²) in [6.45, 7) is 0. The molecule has 0 aromatic carbocycles. The fraction of sp³-hybridized carbons (Fsp3) is 0.333. The Morgan fingerprint density at radius 2 is 2.20 bits per heavy atom. The van der Waals surface area contributed by atoms with Crippen molar-refractivity contribution in [1.82, 2.24) is 9.97 Å². The quantitative estimate of drug-likeness (QED) is 0.900. The number of hydrogen-bond acceptors (Lipinski definition) is 6. The van der Waals surface area contributed by atoms with Gasteiger partial charge in [0, 0.05) is 24.2 Å². The summed E-state index contributed by atoms with van der Waals surface area (Å²) < 4.78 is 27.1. The van der Waals surface area contributed by atoms with Gasteiger partial charge in [0.15, 0.2) is 5.13 Å². The summed E-state index contributed by atoms with van der Waals surface area (Å²) in [5.41, 5.74) is 1.03. The number of rotatable bonds is 4. The number of anilines is 2. The van der Waals surface area contributed by atoms with Crippen LogP contribution in [0.4, 0.5) is 10.9 Å². The van der Waals surface area contributed by atoms with E-state index in [9.17, 15) is 8.42 Å². The number of aryl methyl sites for hydroxylation is 2. The molecule has 0 spiro atoms. The van der Waals surface area contributed by atoms with Gasteiger partial charge in [0.05, 0.1) is 10.6 Å². The first-order valence-corrected chi connectivity index (χ1v) is 8.53. The zero-order valence-electron chi connectivity index (χ0n) is 10.9. The number of thiazole rings is 1. The van der Waals surface area contributed by atoms with E-state index in [1.807, 2.05) is 0 Å². The van der Waals surface area contributed by atoms with Gasteiger partial charge in [-0.15, -0.1) is 11.3 Å². The number of sulfonamides is 1. The van der Waals surface area contributed by atoms with Gasteiger partial charge < -0.3 is 5.32 Å². The first-order chi connectivity index (χ1) is 9.58. The molecule has 0 unspecified atom stereocenters. The molecule has 3 rings (SSSR count). The fourth-order valence-electron chi connectivity index (χ4n) is 2.12. The molecule has 2 aromatic heterocycles. The minimum Gasteiger partial charge on any atom is -0.373 e. The van der Waals surface area contributed by atoms with Crippen LogP contribution < -0.4 is 10.0 Å². The van der Waals surface area contributed by atoms with E-state index in [4.69, 9.17) is 0 Å². The molecule has 0 saturated carbocycles. The summed E-state index contributed by atoms with van der Waals surface area (Å²) >= 11 is 1.42. The summed E-state index contributed by atoms with van der Waals surface area (Å²) in [5, 5.41) is 3.26. The highest BCUT2D eigenvalue weighted by Gasteiger charge is 2.21. The predicted molar refractivity (Wildman–Crippen MR) is 78.7 cm³/mol. The van der Waals surface area contributed by atoms with Gasteiger partial charge in [-0.05, 0) is 25.3 Å². The topological polar surface area (TPSA) is 84.0 Å². The van der Waals surface area contributed by atoms with E-state index in [0.29, 0.717) is 10.9 Å². The molecule has 0 saturated heterocycles. The fourth-order valence-corrected chi connectivity index (χ4v) is 4.42. The van der Waals surface area contributed by atoms with E-state index in [1.165, 1.54) is 34.5 Å². The summed E-state index contributed by atoms with van der Waals surface area (Å²) in [4.78, 5) is 9.71. The van der Waals surface area contributed by atoms with Crippen LogP contribution in [0.15, 0.2) is 23.2 Å². The van der Waals surface area contributed by atoms with Gasteiger partial charge in [-0.3, -0.25) is 4.72 Å². The molecule has 0 bridgehead atoms. The lowest BCUT2D eigenvalue weighted by Crippen LogP contribution is -2.13. The Kier molecular flexibility index (Phi) is 3.35. The SMILES string of the molecule is CNc1cc(S(=O)(=O)Nc2nc3c(s2)CCC3)ccn1. The maximum absolute atomic E-state index is 12.3. The number of hydrogen-bond donors (Lipinski definition) is 2. The lowest BCUT2D eigenvalue weighted by atomic mass is 10.4. The molecule has 0 atom stereocenters. The van der Waals surface area contributed by atoms with Crippen LogP contribution in [-0.4, -0.2) is 25.4 Å². The maximum Gasteiger partial charge on any atom is 0.263 e. The van der Waals surface area contributed by atoms with Crippen molar-refractivity contribution in [2.75, 3.05) is 17.1 Å². The predicted octanol–water partition coefficient (Wildman–Crippen LogP) is 1.87.